The average molecular weight is 398 g/mol. The van der Waals surface area contributed by atoms with Gasteiger partial charge in [-0.25, -0.2) is 14.1 Å². The van der Waals surface area contributed by atoms with Crippen molar-refractivity contribution in [2.24, 2.45) is 12.5 Å². The fraction of sp³-hybridized carbons (Fsp3) is 0.409. The molecule has 0 spiro atoms. The van der Waals surface area contributed by atoms with Gasteiger partial charge in [-0.15, -0.1) is 5.10 Å². The number of rotatable bonds is 5. The minimum Gasteiger partial charge on any atom is -0.466 e. The zero-order valence-electron chi connectivity index (χ0n) is 17.7. The summed E-state index contributed by atoms with van der Waals surface area (Å²) in [7, 11) is 1.80. The van der Waals surface area contributed by atoms with Gasteiger partial charge in [0.05, 0.1) is 11.4 Å². The topological polar surface area (TPSA) is 69.0 Å². The zero-order valence-corrected chi connectivity index (χ0v) is 17.7. The van der Waals surface area contributed by atoms with E-state index in [1.807, 2.05) is 40.7 Å². The third kappa shape index (κ3) is 4.55. The monoisotopic (exact) mass is 398 g/mol. The summed E-state index contributed by atoms with van der Waals surface area (Å²) in [5.74, 6) is -0.195. The molecule has 0 aliphatic carbocycles. The molecule has 1 atom stereocenters. The van der Waals surface area contributed by atoms with Gasteiger partial charge in [0.2, 0.25) is 5.88 Å². The Hall–Kier alpha value is -2.96. The first-order valence-corrected chi connectivity index (χ1v) is 9.55. The standard InChI is InChI=1S/C22H27FN4O2/c1-13-11-14(2)24-20-18(13)21(26-27(20)6)29-12-17(28)25-19(22(3,4)5)15-7-9-16(23)10-8-15/h7-11,19H,12H2,1-6H3,(H,25,28). The van der Waals surface area contributed by atoms with E-state index in [-0.39, 0.29) is 29.8 Å². The van der Waals surface area contributed by atoms with Crippen LogP contribution in [0.3, 0.4) is 0 Å². The Labute approximate surface area is 170 Å². The molecule has 1 amide bonds. The lowest BCUT2D eigenvalue weighted by molar-refractivity contribution is -0.124. The van der Waals surface area contributed by atoms with E-state index in [1.165, 1.54) is 12.1 Å². The normalized spacial score (nSPS) is 12.8. The second kappa shape index (κ2) is 7.81. The molecule has 1 aromatic carbocycles. The van der Waals surface area contributed by atoms with Gasteiger partial charge in [-0.2, -0.15) is 0 Å². The minimum absolute atomic E-state index is 0.173. The fourth-order valence-corrected chi connectivity index (χ4v) is 3.44. The summed E-state index contributed by atoms with van der Waals surface area (Å²) >= 11 is 0. The van der Waals surface area contributed by atoms with Crippen molar-refractivity contribution in [3.63, 3.8) is 0 Å². The molecule has 0 radical (unpaired) electrons. The minimum atomic E-state index is -0.308. The first kappa shape index (κ1) is 20.8. The summed E-state index contributed by atoms with van der Waals surface area (Å²) in [6.45, 7) is 9.78. The smallest absolute Gasteiger partial charge is 0.258 e. The average Bonchev–Trinajstić information content (AvgIpc) is 2.94. The van der Waals surface area contributed by atoms with Crippen LogP contribution >= 0.6 is 0 Å². The lowest BCUT2D eigenvalue weighted by atomic mass is 9.82. The van der Waals surface area contributed by atoms with Crippen LogP contribution in [-0.2, 0) is 11.8 Å². The van der Waals surface area contributed by atoms with Crippen LogP contribution in [0.4, 0.5) is 4.39 Å². The summed E-state index contributed by atoms with van der Waals surface area (Å²) in [5.41, 5.74) is 3.19. The quantitative estimate of drug-likeness (QED) is 0.705. The van der Waals surface area contributed by atoms with E-state index in [9.17, 15) is 9.18 Å². The van der Waals surface area contributed by atoms with Gasteiger partial charge in [0.25, 0.3) is 5.91 Å². The molecule has 0 bridgehead atoms. The SMILES string of the molecule is Cc1cc(C)c2c(OCC(=O)NC(c3ccc(F)cc3)C(C)(C)C)nn(C)c2n1. The Bertz CT molecular complexity index is 1040. The first-order valence-electron chi connectivity index (χ1n) is 9.55. The summed E-state index contributed by atoms with van der Waals surface area (Å²) in [4.78, 5) is 17.1. The van der Waals surface area contributed by atoms with Crippen molar-refractivity contribution in [2.75, 3.05) is 6.61 Å². The lowest BCUT2D eigenvalue weighted by Crippen LogP contribution is -2.39. The molecule has 6 nitrogen and oxygen atoms in total. The molecule has 1 N–H and O–H groups in total. The second-order valence-corrected chi connectivity index (χ2v) is 8.41. The van der Waals surface area contributed by atoms with Gasteiger partial charge in [0.15, 0.2) is 12.3 Å². The predicted molar refractivity (Wildman–Crippen MR) is 110 cm³/mol. The maximum absolute atomic E-state index is 13.3. The van der Waals surface area contributed by atoms with E-state index in [2.05, 4.69) is 15.4 Å². The molecule has 0 aliphatic rings. The van der Waals surface area contributed by atoms with Gasteiger partial charge >= 0.3 is 0 Å². The van der Waals surface area contributed by atoms with Crippen LogP contribution in [0, 0.1) is 25.1 Å². The van der Waals surface area contributed by atoms with Crippen molar-refractivity contribution in [1.82, 2.24) is 20.1 Å². The number of halogens is 1. The number of carbonyl (C=O) groups excluding carboxylic acids is 1. The summed E-state index contributed by atoms with van der Waals surface area (Å²) in [6.07, 6.45) is 0. The van der Waals surface area contributed by atoms with Gasteiger partial charge in [-0.1, -0.05) is 32.9 Å². The van der Waals surface area contributed by atoms with Gasteiger partial charge in [-0.3, -0.25) is 4.79 Å². The molecular formula is C22H27FN4O2. The van der Waals surface area contributed by atoms with Crippen LogP contribution in [0.2, 0.25) is 0 Å². The van der Waals surface area contributed by atoms with Gasteiger partial charge in [0.1, 0.15) is 5.82 Å². The molecule has 2 heterocycles. The molecule has 3 rings (SSSR count). The number of fused-ring (bicyclic) bond motifs is 1. The van der Waals surface area contributed by atoms with E-state index in [1.54, 1.807) is 23.9 Å². The molecule has 0 fully saturated rings. The molecule has 7 heteroatoms. The number of amides is 1. The van der Waals surface area contributed by atoms with Crippen LogP contribution in [0.5, 0.6) is 5.88 Å². The zero-order chi connectivity index (χ0) is 21.3. The number of hydrogen-bond donors (Lipinski definition) is 1. The van der Waals surface area contributed by atoms with Gasteiger partial charge in [0, 0.05) is 12.7 Å². The highest BCUT2D eigenvalue weighted by atomic mass is 19.1. The van der Waals surface area contributed by atoms with Crippen molar-refractivity contribution in [1.29, 1.82) is 0 Å². The van der Waals surface area contributed by atoms with Crippen LogP contribution in [0.25, 0.3) is 11.0 Å². The fourth-order valence-electron chi connectivity index (χ4n) is 3.44. The van der Waals surface area contributed by atoms with Crippen molar-refractivity contribution >= 4 is 16.9 Å². The molecule has 2 aromatic heterocycles. The number of ether oxygens (including phenoxy) is 1. The Morgan fingerprint density at radius 3 is 2.52 bits per heavy atom. The summed E-state index contributed by atoms with van der Waals surface area (Å²) in [6, 6.07) is 7.85. The lowest BCUT2D eigenvalue weighted by Gasteiger charge is -2.32. The van der Waals surface area contributed by atoms with Crippen LogP contribution in [-0.4, -0.2) is 27.3 Å². The largest absolute Gasteiger partial charge is 0.466 e. The molecule has 1 unspecified atom stereocenters. The molecule has 3 aromatic rings. The first-order chi connectivity index (χ1) is 13.6. The Balaban J connectivity index is 1.76. The molecule has 0 aliphatic heterocycles. The maximum atomic E-state index is 13.3. The van der Waals surface area contributed by atoms with E-state index in [4.69, 9.17) is 4.74 Å². The Kier molecular flexibility index (Phi) is 5.59. The van der Waals surface area contributed by atoms with Crippen LogP contribution in [0.1, 0.15) is 43.6 Å². The van der Waals surface area contributed by atoms with Crippen molar-refractivity contribution in [3.8, 4) is 5.88 Å². The van der Waals surface area contributed by atoms with Crippen molar-refractivity contribution < 1.29 is 13.9 Å². The number of pyridine rings is 1. The third-order valence-corrected chi connectivity index (χ3v) is 4.80. The third-order valence-electron chi connectivity index (χ3n) is 4.80. The maximum Gasteiger partial charge on any atom is 0.258 e. The number of aromatic nitrogens is 3. The highest BCUT2D eigenvalue weighted by Gasteiger charge is 2.28. The van der Waals surface area contributed by atoms with Crippen LogP contribution in [0.15, 0.2) is 30.3 Å². The summed E-state index contributed by atoms with van der Waals surface area (Å²) in [5, 5.41) is 8.18. The number of hydrogen-bond acceptors (Lipinski definition) is 4. The van der Waals surface area contributed by atoms with E-state index in [0.29, 0.717) is 5.88 Å². The second-order valence-electron chi connectivity index (χ2n) is 8.41. The number of benzene rings is 1. The molecule has 0 saturated heterocycles. The molecule has 29 heavy (non-hydrogen) atoms. The summed E-state index contributed by atoms with van der Waals surface area (Å²) < 4.78 is 20.7. The van der Waals surface area contributed by atoms with E-state index >= 15 is 0 Å². The Morgan fingerprint density at radius 2 is 1.90 bits per heavy atom. The number of nitrogens with one attached hydrogen (secondary N) is 1. The van der Waals surface area contributed by atoms with Crippen LogP contribution < -0.4 is 10.1 Å². The molecule has 0 saturated carbocycles. The predicted octanol–water partition coefficient (Wildman–Crippen LogP) is 4.01. The number of carbonyl (C=O) groups is 1. The van der Waals surface area contributed by atoms with E-state index < -0.39 is 0 Å². The van der Waals surface area contributed by atoms with Crippen molar-refractivity contribution in [2.45, 2.75) is 40.7 Å². The number of nitrogens with zero attached hydrogens (tertiary/aromatic N) is 3. The molecular weight excluding hydrogens is 371 g/mol. The molecule has 154 valence electrons. The number of aryl methyl sites for hydroxylation is 3. The van der Waals surface area contributed by atoms with E-state index in [0.717, 1.165) is 27.9 Å². The Morgan fingerprint density at radius 1 is 1.24 bits per heavy atom. The van der Waals surface area contributed by atoms with Gasteiger partial charge in [-0.05, 0) is 48.6 Å². The highest BCUT2D eigenvalue weighted by molar-refractivity contribution is 5.85. The highest BCUT2D eigenvalue weighted by Crippen LogP contribution is 2.33. The van der Waals surface area contributed by atoms with Crippen molar-refractivity contribution in [3.05, 3.63) is 53.0 Å². The van der Waals surface area contributed by atoms with Gasteiger partial charge < -0.3 is 10.1 Å².